The van der Waals surface area contributed by atoms with Crippen LogP contribution in [0.15, 0.2) is 32.2 Å². The number of amides is 1. The Labute approximate surface area is 176 Å². The second kappa shape index (κ2) is 7.75. The first-order valence-electron chi connectivity index (χ1n) is 10.5. The van der Waals surface area contributed by atoms with Gasteiger partial charge >= 0.3 is 11.1 Å². The predicted octanol–water partition coefficient (Wildman–Crippen LogP) is 1.11. The molecule has 0 radical (unpaired) electrons. The number of carbonyl (C=O) groups excluding carboxylic acids is 1. The van der Waals surface area contributed by atoms with Crippen molar-refractivity contribution in [3.8, 4) is 0 Å². The van der Waals surface area contributed by atoms with E-state index in [0.29, 0.717) is 61.2 Å². The van der Waals surface area contributed by atoms with Crippen molar-refractivity contribution in [3.05, 3.63) is 56.4 Å². The first kappa shape index (κ1) is 19.7. The number of oxazole rings is 1. The van der Waals surface area contributed by atoms with Gasteiger partial charge < -0.3 is 9.32 Å². The number of hydrogen-bond donors (Lipinski definition) is 0. The molecular formula is C21H22FN5O4. The molecule has 0 aliphatic carbocycles. The minimum absolute atomic E-state index is 0.215. The highest BCUT2D eigenvalue weighted by molar-refractivity contribution is 5.76. The number of halogens is 1. The standard InChI is InChI=1S/C21H22FN5O4/c22-14-3-4-15-16(11-14)31-18(23-15)10-13-5-8-25(9-6-13)19(28)12-27-21(30)20(29)26-7-1-2-17(26)24-27/h3-4,11,13H,1-2,5-10,12H2. The van der Waals surface area contributed by atoms with Crippen molar-refractivity contribution in [3.63, 3.8) is 0 Å². The molecule has 9 nitrogen and oxygen atoms in total. The maximum Gasteiger partial charge on any atom is 0.333 e. The Morgan fingerprint density at radius 3 is 2.77 bits per heavy atom. The molecule has 5 rings (SSSR count). The van der Waals surface area contributed by atoms with Crippen molar-refractivity contribution in [2.45, 2.75) is 45.2 Å². The molecule has 0 N–H and O–H groups in total. The molecular weight excluding hydrogens is 405 g/mol. The fourth-order valence-electron chi connectivity index (χ4n) is 4.39. The fraction of sp³-hybridized carbons (Fsp3) is 0.476. The van der Waals surface area contributed by atoms with Gasteiger partial charge in [0.15, 0.2) is 11.5 Å². The normalized spacial score (nSPS) is 16.7. The van der Waals surface area contributed by atoms with Crippen LogP contribution in [0.2, 0.25) is 0 Å². The van der Waals surface area contributed by atoms with Crippen LogP contribution in [0.5, 0.6) is 0 Å². The Hall–Kier alpha value is -3.30. The van der Waals surface area contributed by atoms with Gasteiger partial charge in [-0.15, -0.1) is 0 Å². The number of nitrogens with zero attached hydrogens (tertiary/aromatic N) is 5. The van der Waals surface area contributed by atoms with Crippen LogP contribution in [0.25, 0.3) is 11.1 Å². The van der Waals surface area contributed by atoms with Crippen LogP contribution < -0.4 is 11.1 Å². The lowest BCUT2D eigenvalue weighted by Gasteiger charge is -2.31. The summed E-state index contributed by atoms with van der Waals surface area (Å²) in [7, 11) is 0. The summed E-state index contributed by atoms with van der Waals surface area (Å²) < 4.78 is 21.4. The van der Waals surface area contributed by atoms with E-state index < -0.39 is 11.1 Å². The Morgan fingerprint density at radius 1 is 1.16 bits per heavy atom. The number of rotatable bonds is 4. The number of carbonyl (C=O) groups is 1. The van der Waals surface area contributed by atoms with E-state index in [9.17, 15) is 18.8 Å². The molecule has 31 heavy (non-hydrogen) atoms. The molecule has 0 bridgehead atoms. The third-order valence-corrected chi connectivity index (χ3v) is 6.10. The van der Waals surface area contributed by atoms with Crippen molar-refractivity contribution in [1.82, 2.24) is 24.2 Å². The van der Waals surface area contributed by atoms with Crippen molar-refractivity contribution < 1.29 is 13.6 Å². The Bertz CT molecular complexity index is 1270. The van der Waals surface area contributed by atoms with Gasteiger partial charge in [-0.3, -0.25) is 19.0 Å². The molecule has 1 aromatic carbocycles. The molecule has 162 valence electrons. The third kappa shape index (κ3) is 3.77. The molecule has 0 unspecified atom stereocenters. The van der Waals surface area contributed by atoms with Crippen LogP contribution in [0.1, 0.15) is 31.0 Å². The highest BCUT2D eigenvalue weighted by atomic mass is 19.1. The zero-order valence-corrected chi connectivity index (χ0v) is 16.9. The molecule has 0 atom stereocenters. The molecule has 0 spiro atoms. The van der Waals surface area contributed by atoms with Crippen LogP contribution in [0.3, 0.4) is 0 Å². The van der Waals surface area contributed by atoms with Crippen LogP contribution in [-0.2, 0) is 30.7 Å². The first-order valence-corrected chi connectivity index (χ1v) is 10.5. The number of piperidine rings is 1. The zero-order valence-electron chi connectivity index (χ0n) is 16.9. The van der Waals surface area contributed by atoms with Gasteiger partial charge in [0.1, 0.15) is 23.7 Å². The SMILES string of the molecule is O=C(Cn1nc2n(c(=O)c1=O)CCC2)N1CCC(Cc2nc3ccc(F)cc3o2)CC1. The largest absolute Gasteiger partial charge is 0.441 e. The molecule has 3 aromatic rings. The van der Waals surface area contributed by atoms with E-state index in [-0.39, 0.29) is 18.3 Å². The maximum absolute atomic E-state index is 13.3. The van der Waals surface area contributed by atoms with E-state index in [1.165, 1.54) is 16.7 Å². The smallest absolute Gasteiger partial charge is 0.333 e. The van der Waals surface area contributed by atoms with Crippen LogP contribution in [-0.4, -0.2) is 43.2 Å². The topological polar surface area (TPSA) is 103 Å². The average molecular weight is 427 g/mol. The second-order valence-electron chi connectivity index (χ2n) is 8.19. The van der Waals surface area contributed by atoms with Crippen LogP contribution >= 0.6 is 0 Å². The minimum atomic E-state index is -0.749. The first-order chi connectivity index (χ1) is 15.0. The van der Waals surface area contributed by atoms with E-state index in [1.807, 2.05) is 0 Å². The molecule has 2 aromatic heterocycles. The van der Waals surface area contributed by atoms with Crippen molar-refractivity contribution in [1.29, 1.82) is 0 Å². The number of fused-ring (bicyclic) bond motifs is 2. The summed E-state index contributed by atoms with van der Waals surface area (Å²) in [6, 6.07) is 4.28. The summed E-state index contributed by atoms with van der Waals surface area (Å²) in [6.45, 7) is 1.39. The molecule has 1 amide bonds. The van der Waals surface area contributed by atoms with E-state index >= 15 is 0 Å². The van der Waals surface area contributed by atoms with Gasteiger partial charge in [0, 0.05) is 38.5 Å². The van der Waals surface area contributed by atoms with E-state index in [1.54, 1.807) is 11.0 Å². The van der Waals surface area contributed by atoms with Gasteiger partial charge in [-0.25, -0.2) is 14.1 Å². The highest BCUT2D eigenvalue weighted by Crippen LogP contribution is 2.24. The van der Waals surface area contributed by atoms with E-state index in [2.05, 4.69) is 10.1 Å². The summed E-state index contributed by atoms with van der Waals surface area (Å²) in [5.41, 5.74) is -0.286. The van der Waals surface area contributed by atoms with E-state index in [4.69, 9.17) is 4.42 Å². The number of hydrogen-bond acceptors (Lipinski definition) is 6. The molecule has 0 saturated carbocycles. The number of aromatic nitrogens is 4. The third-order valence-electron chi connectivity index (χ3n) is 6.10. The van der Waals surface area contributed by atoms with Gasteiger partial charge in [-0.2, -0.15) is 5.10 Å². The lowest BCUT2D eigenvalue weighted by atomic mass is 9.93. The summed E-state index contributed by atoms with van der Waals surface area (Å²) in [6.07, 6.45) is 3.59. The molecule has 1 saturated heterocycles. The second-order valence-corrected chi connectivity index (χ2v) is 8.19. The lowest BCUT2D eigenvalue weighted by Crippen LogP contribution is -2.47. The van der Waals surface area contributed by atoms with Crippen molar-refractivity contribution in [2.24, 2.45) is 5.92 Å². The minimum Gasteiger partial charge on any atom is -0.441 e. The molecule has 10 heteroatoms. The Morgan fingerprint density at radius 2 is 1.97 bits per heavy atom. The summed E-state index contributed by atoms with van der Waals surface area (Å²) in [5.74, 6) is 0.857. The highest BCUT2D eigenvalue weighted by Gasteiger charge is 2.26. The lowest BCUT2D eigenvalue weighted by molar-refractivity contribution is -0.133. The van der Waals surface area contributed by atoms with E-state index in [0.717, 1.165) is 23.9 Å². The van der Waals surface area contributed by atoms with Gasteiger partial charge in [-0.1, -0.05) is 0 Å². The van der Waals surface area contributed by atoms with Gasteiger partial charge in [0.05, 0.1) is 0 Å². The molecule has 2 aliphatic rings. The maximum atomic E-state index is 13.3. The van der Waals surface area contributed by atoms with Gasteiger partial charge in [-0.05, 0) is 37.3 Å². The predicted molar refractivity (Wildman–Crippen MR) is 108 cm³/mol. The molecule has 2 aliphatic heterocycles. The Kier molecular flexibility index (Phi) is 4.91. The van der Waals surface area contributed by atoms with Gasteiger partial charge in [0.25, 0.3) is 0 Å². The monoisotopic (exact) mass is 427 g/mol. The summed E-state index contributed by atoms with van der Waals surface area (Å²) >= 11 is 0. The number of benzene rings is 1. The van der Waals surface area contributed by atoms with Crippen molar-refractivity contribution >= 4 is 17.0 Å². The quantitative estimate of drug-likeness (QED) is 0.578. The summed E-state index contributed by atoms with van der Waals surface area (Å²) in [4.78, 5) is 43.2. The molecule has 4 heterocycles. The zero-order chi connectivity index (χ0) is 21.5. The fourth-order valence-corrected chi connectivity index (χ4v) is 4.39. The Balaban J connectivity index is 1.20. The average Bonchev–Trinajstić information content (AvgIpc) is 3.38. The van der Waals surface area contributed by atoms with Crippen LogP contribution in [0.4, 0.5) is 4.39 Å². The molecule has 1 fully saturated rings. The number of likely N-dealkylation sites (tertiary alicyclic amines) is 1. The number of aryl methyl sites for hydroxylation is 1. The van der Waals surface area contributed by atoms with Crippen molar-refractivity contribution in [2.75, 3.05) is 13.1 Å². The summed E-state index contributed by atoms with van der Waals surface area (Å²) in [5, 5.41) is 4.22. The van der Waals surface area contributed by atoms with Crippen LogP contribution in [0, 0.1) is 11.7 Å². The van der Waals surface area contributed by atoms with Gasteiger partial charge in [0.2, 0.25) is 5.91 Å².